The maximum Gasteiger partial charge on any atom is 0.165 e. The number of rotatable bonds is 3. The van der Waals surface area contributed by atoms with Gasteiger partial charge < -0.3 is 14.2 Å². The van der Waals surface area contributed by atoms with Crippen molar-refractivity contribution in [3.8, 4) is 0 Å². The van der Waals surface area contributed by atoms with Crippen molar-refractivity contribution in [2.24, 2.45) is 0 Å². The molecule has 5 heteroatoms. The maximum absolute atomic E-state index is 6.84. The van der Waals surface area contributed by atoms with Crippen LogP contribution in [0.25, 0.3) is 11.1 Å². The van der Waals surface area contributed by atoms with Gasteiger partial charge in [0.25, 0.3) is 0 Å². The molecule has 3 nitrogen and oxygen atoms in total. The zero-order valence-corrected chi connectivity index (χ0v) is 23.7. The lowest BCUT2D eigenvalue weighted by Crippen LogP contribution is -2.57. The molecule has 2 atom stereocenters. The molecule has 36 heavy (non-hydrogen) atoms. The van der Waals surface area contributed by atoms with E-state index in [0.717, 1.165) is 19.3 Å². The molecule has 7 rings (SSSR count). The van der Waals surface area contributed by atoms with Gasteiger partial charge in [0.05, 0.1) is 21.3 Å². The van der Waals surface area contributed by atoms with Crippen molar-refractivity contribution in [2.45, 2.75) is 70.2 Å². The summed E-state index contributed by atoms with van der Waals surface area (Å²) in [6, 6.07) is 15.6. The molecule has 2 aliphatic heterocycles. The molecule has 3 aliphatic carbocycles. The molecule has 1 spiro atoms. The average Bonchev–Trinajstić information content (AvgIpc) is 3.54. The zero-order valence-electron chi connectivity index (χ0n) is 21.9. The van der Waals surface area contributed by atoms with Crippen molar-refractivity contribution in [1.29, 1.82) is 0 Å². The Morgan fingerprint density at radius 2 is 1.69 bits per heavy atom. The summed E-state index contributed by atoms with van der Waals surface area (Å²) in [4.78, 5) is 1.35. The first-order chi connectivity index (χ1) is 17.2. The summed E-state index contributed by atoms with van der Waals surface area (Å²) in [7, 11) is -1.81. The molecule has 3 fully saturated rings. The summed E-state index contributed by atoms with van der Waals surface area (Å²) in [5.74, 6) is -0.589. The van der Waals surface area contributed by atoms with Gasteiger partial charge in [0.1, 0.15) is 11.7 Å². The lowest BCUT2D eigenvalue weighted by Gasteiger charge is -2.52. The summed E-state index contributed by atoms with van der Waals surface area (Å²) >= 11 is 1.86. The molecule has 2 aromatic rings. The van der Waals surface area contributed by atoms with E-state index in [1.807, 2.05) is 11.3 Å². The Morgan fingerprint density at radius 1 is 0.917 bits per heavy atom. The number of thiophene rings is 1. The molecule has 1 aromatic carbocycles. The van der Waals surface area contributed by atoms with Gasteiger partial charge in [-0.2, -0.15) is 0 Å². The molecule has 2 unspecified atom stereocenters. The Kier molecular flexibility index (Phi) is 4.97. The summed E-state index contributed by atoms with van der Waals surface area (Å²) in [5, 5.41) is 3.77. The smallest absolute Gasteiger partial charge is 0.165 e. The molecular weight excluding hydrogens is 480 g/mol. The molecule has 0 amide bonds. The summed E-state index contributed by atoms with van der Waals surface area (Å²) in [5.41, 5.74) is 10.9. The van der Waals surface area contributed by atoms with E-state index in [1.54, 1.807) is 5.20 Å². The Morgan fingerprint density at radius 3 is 2.42 bits per heavy atom. The van der Waals surface area contributed by atoms with E-state index in [0.29, 0.717) is 13.2 Å². The van der Waals surface area contributed by atoms with Gasteiger partial charge >= 0.3 is 0 Å². The molecular formula is C31H34O3SSi. The highest BCUT2D eigenvalue weighted by Crippen LogP contribution is 2.65. The molecule has 1 saturated carbocycles. The molecule has 2 saturated heterocycles. The second-order valence-corrected chi connectivity index (χ2v) is 18.1. The third-order valence-corrected chi connectivity index (χ3v) is 11.3. The van der Waals surface area contributed by atoms with Gasteiger partial charge in [-0.05, 0) is 88.8 Å². The lowest BCUT2D eigenvalue weighted by atomic mass is 9.57. The summed E-state index contributed by atoms with van der Waals surface area (Å²) in [6.07, 6.45) is 3.21. The Labute approximate surface area is 219 Å². The van der Waals surface area contributed by atoms with Crippen LogP contribution in [-0.4, -0.2) is 38.8 Å². The van der Waals surface area contributed by atoms with Crippen LogP contribution >= 0.6 is 11.3 Å². The van der Waals surface area contributed by atoms with Crippen molar-refractivity contribution in [3.05, 3.63) is 91.3 Å². The standard InChI is InChI=1S/C31H34O3SSi/c1-30(2)33-29-26-21-17-32-18-22(21)28(36(3,4)5)24(19-11-7-6-8-12-19)25(23-14-10-16-35-23)20-13-9-15-31(29,34-30)27(20)26/h6-8,10-12,14,16,29H,9,13,15,17-18H2,1-5H3/b25-20?,25-24+,26-21+,28-22+,28-24?. The third-order valence-electron chi connectivity index (χ3n) is 8.35. The molecule has 0 bridgehead atoms. The maximum atomic E-state index is 6.84. The number of hydrogen-bond acceptors (Lipinski definition) is 4. The van der Waals surface area contributed by atoms with Gasteiger partial charge in [-0.1, -0.05) is 56.0 Å². The summed E-state index contributed by atoms with van der Waals surface area (Å²) < 4.78 is 19.8. The van der Waals surface area contributed by atoms with Crippen molar-refractivity contribution in [2.75, 3.05) is 13.2 Å². The van der Waals surface area contributed by atoms with Crippen LogP contribution < -0.4 is 0 Å². The molecule has 3 heterocycles. The minimum Gasteiger partial charge on any atom is -0.372 e. The highest BCUT2D eigenvalue weighted by atomic mass is 32.1. The second-order valence-electron chi connectivity index (χ2n) is 12.2. The Bertz CT molecular complexity index is 1380. The molecule has 0 N–H and O–H groups in total. The molecule has 5 aliphatic rings. The largest absolute Gasteiger partial charge is 0.372 e. The molecule has 1 aromatic heterocycles. The topological polar surface area (TPSA) is 27.7 Å². The van der Waals surface area contributed by atoms with Crippen molar-refractivity contribution in [3.63, 3.8) is 0 Å². The number of benzene rings is 1. The Hall–Kier alpha value is -2.02. The van der Waals surface area contributed by atoms with Crippen LogP contribution in [-0.2, 0) is 14.2 Å². The van der Waals surface area contributed by atoms with Gasteiger partial charge in [0, 0.05) is 10.5 Å². The van der Waals surface area contributed by atoms with E-state index in [9.17, 15) is 0 Å². The average molecular weight is 515 g/mol. The van der Waals surface area contributed by atoms with E-state index >= 15 is 0 Å². The zero-order chi connectivity index (χ0) is 24.9. The lowest BCUT2D eigenvalue weighted by molar-refractivity contribution is -0.153. The van der Waals surface area contributed by atoms with Crippen LogP contribution in [0.5, 0.6) is 0 Å². The highest BCUT2D eigenvalue weighted by molar-refractivity contribution is 7.11. The van der Waals surface area contributed by atoms with E-state index in [4.69, 9.17) is 14.2 Å². The van der Waals surface area contributed by atoms with Crippen LogP contribution in [0.1, 0.15) is 43.6 Å². The predicted molar refractivity (Wildman–Crippen MR) is 149 cm³/mol. The number of ether oxygens (including phenoxy) is 3. The van der Waals surface area contributed by atoms with Gasteiger partial charge in [-0.3, -0.25) is 0 Å². The van der Waals surface area contributed by atoms with Crippen molar-refractivity contribution >= 4 is 30.6 Å². The van der Waals surface area contributed by atoms with E-state index in [-0.39, 0.29) is 11.7 Å². The quantitative estimate of drug-likeness (QED) is 0.396. The van der Waals surface area contributed by atoms with Crippen LogP contribution in [0.4, 0.5) is 0 Å². The normalized spacial score (nSPS) is 35.1. The first kappa shape index (κ1) is 23.1. The molecule has 0 radical (unpaired) electrons. The van der Waals surface area contributed by atoms with Crippen LogP contribution in [0, 0.1) is 0 Å². The number of allylic oxidation sites excluding steroid dienone is 4. The Balaban J connectivity index is 1.66. The first-order valence-corrected chi connectivity index (χ1v) is 17.6. The van der Waals surface area contributed by atoms with Crippen LogP contribution in [0.15, 0.2) is 80.9 Å². The second kappa shape index (κ2) is 7.75. The first-order valence-electron chi connectivity index (χ1n) is 13.2. The number of fused-ring (bicyclic) bond motifs is 2. The van der Waals surface area contributed by atoms with Crippen LogP contribution in [0.3, 0.4) is 0 Å². The number of hydrogen-bond donors (Lipinski definition) is 0. The fourth-order valence-electron chi connectivity index (χ4n) is 7.32. The molecule has 186 valence electrons. The predicted octanol–water partition coefficient (Wildman–Crippen LogP) is 7.56. The third kappa shape index (κ3) is 3.13. The highest BCUT2D eigenvalue weighted by Gasteiger charge is 2.68. The minimum atomic E-state index is -1.81. The monoisotopic (exact) mass is 514 g/mol. The summed E-state index contributed by atoms with van der Waals surface area (Å²) in [6.45, 7) is 13.0. The van der Waals surface area contributed by atoms with E-state index in [2.05, 4.69) is 81.3 Å². The van der Waals surface area contributed by atoms with E-state index < -0.39 is 13.9 Å². The SMILES string of the molecule is CC1(C)OC2\C3=C4/COC/C4=C([Si](C)(C)C)/C(c4ccccc4)=C(/c4cccs4)C4=C3C2(CCC4)O1. The fourth-order valence-corrected chi connectivity index (χ4v) is 10.3. The van der Waals surface area contributed by atoms with Gasteiger partial charge in [-0.25, -0.2) is 0 Å². The van der Waals surface area contributed by atoms with Crippen molar-refractivity contribution in [1.82, 2.24) is 0 Å². The van der Waals surface area contributed by atoms with Crippen molar-refractivity contribution < 1.29 is 14.2 Å². The fraction of sp³-hybridized carbons (Fsp3) is 0.419. The van der Waals surface area contributed by atoms with Gasteiger partial charge in [-0.15, -0.1) is 11.3 Å². The van der Waals surface area contributed by atoms with Gasteiger partial charge in [0.15, 0.2) is 5.79 Å². The van der Waals surface area contributed by atoms with Gasteiger partial charge in [0.2, 0.25) is 0 Å². The van der Waals surface area contributed by atoms with E-state index in [1.165, 1.54) is 49.5 Å². The minimum absolute atomic E-state index is 0.00440. The van der Waals surface area contributed by atoms with Crippen LogP contribution in [0.2, 0.25) is 19.6 Å².